The molecule has 10 heteroatoms. The van der Waals surface area contributed by atoms with Crippen LogP contribution < -0.4 is 15.4 Å². The Morgan fingerprint density at radius 2 is 1.69 bits per heavy atom. The quantitative estimate of drug-likeness (QED) is 0.411. The molecular formula is C19H18N4O4S2. The van der Waals surface area contributed by atoms with Gasteiger partial charge in [-0.15, -0.1) is 10.2 Å². The van der Waals surface area contributed by atoms with Crippen LogP contribution in [0.5, 0.6) is 5.75 Å². The average Bonchev–Trinajstić information content (AvgIpc) is 3.20. The predicted octanol–water partition coefficient (Wildman–Crippen LogP) is 3.81. The van der Waals surface area contributed by atoms with E-state index in [0.717, 1.165) is 11.4 Å². The number of nitrogens with one attached hydrogen (secondary N) is 2. The Balaban J connectivity index is 1.48. The van der Waals surface area contributed by atoms with E-state index in [2.05, 4.69) is 25.6 Å². The summed E-state index contributed by atoms with van der Waals surface area (Å²) in [5.41, 5.74) is 1.89. The number of methoxy groups -OCH3 is 2. The SMILES string of the molecule is COC(=O)c1ccc(NC(=O)CSc2nnc(Nc3ccc(OC)cc3)s2)cc1. The number of carbonyl (C=O) groups is 2. The van der Waals surface area contributed by atoms with Crippen molar-refractivity contribution < 1.29 is 19.1 Å². The molecule has 29 heavy (non-hydrogen) atoms. The number of anilines is 3. The Morgan fingerprint density at radius 1 is 1.00 bits per heavy atom. The van der Waals surface area contributed by atoms with Crippen LogP contribution in [-0.4, -0.2) is 42.0 Å². The van der Waals surface area contributed by atoms with Crippen molar-refractivity contribution in [2.24, 2.45) is 0 Å². The van der Waals surface area contributed by atoms with Gasteiger partial charge in [0.1, 0.15) is 5.75 Å². The van der Waals surface area contributed by atoms with Crippen LogP contribution in [0.1, 0.15) is 10.4 Å². The van der Waals surface area contributed by atoms with Crippen molar-refractivity contribution in [1.82, 2.24) is 10.2 Å². The normalized spacial score (nSPS) is 10.3. The number of thioether (sulfide) groups is 1. The zero-order valence-corrected chi connectivity index (χ0v) is 17.3. The molecule has 0 atom stereocenters. The molecule has 0 aliphatic carbocycles. The van der Waals surface area contributed by atoms with Gasteiger partial charge in [-0.1, -0.05) is 23.1 Å². The first-order valence-electron chi connectivity index (χ1n) is 8.43. The Kier molecular flexibility index (Phi) is 7.04. The highest BCUT2D eigenvalue weighted by atomic mass is 32.2. The molecule has 0 bridgehead atoms. The second kappa shape index (κ2) is 9.89. The summed E-state index contributed by atoms with van der Waals surface area (Å²) in [7, 11) is 2.94. The van der Waals surface area contributed by atoms with E-state index in [4.69, 9.17) is 4.74 Å². The first-order chi connectivity index (χ1) is 14.1. The molecule has 8 nitrogen and oxygen atoms in total. The molecule has 1 amide bonds. The number of hydrogen-bond acceptors (Lipinski definition) is 9. The number of ether oxygens (including phenoxy) is 2. The van der Waals surface area contributed by atoms with Crippen LogP contribution in [0.25, 0.3) is 0 Å². The lowest BCUT2D eigenvalue weighted by molar-refractivity contribution is -0.113. The number of amides is 1. The summed E-state index contributed by atoms with van der Waals surface area (Å²) in [4.78, 5) is 23.5. The number of rotatable bonds is 8. The van der Waals surface area contributed by atoms with E-state index < -0.39 is 5.97 Å². The molecule has 1 aromatic heterocycles. The minimum Gasteiger partial charge on any atom is -0.497 e. The maximum absolute atomic E-state index is 12.1. The standard InChI is InChI=1S/C19H18N4O4S2/c1-26-15-9-7-14(8-10-15)21-18-22-23-19(29-18)28-11-16(24)20-13-5-3-12(4-6-13)17(25)27-2/h3-10H,11H2,1-2H3,(H,20,24)(H,21,22). The second-order valence-corrected chi connectivity index (χ2v) is 7.83. The average molecular weight is 431 g/mol. The number of benzene rings is 2. The summed E-state index contributed by atoms with van der Waals surface area (Å²) >= 11 is 2.66. The largest absolute Gasteiger partial charge is 0.497 e. The third kappa shape index (κ3) is 5.93. The highest BCUT2D eigenvalue weighted by molar-refractivity contribution is 8.01. The monoisotopic (exact) mass is 430 g/mol. The van der Waals surface area contributed by atoms with Crippen molar-refractivity contribution in [2.45, 2.75) is 4.34 Å². The van der Waals surface area contributed by atoms with Gasteiger partial charge >= 0.3 is 5.97 Å². The van der Waals surface area contributed by atoms with Gasteiger partial charge in [-0.05, 0) is 48.5 Å². The van der Waals surface area contributed by atoms with Crippen molar-refractivity contribution in [3.8, 4) is 5.75 Å². The maximum atomic E-state index is 12.1. The molecular weight excluding hydrogens is 412 g/mol. The molecule has 0 spiro atoms. The van der Waals surface area contributed by atoms with Crippen LogP contribution in [0.3, 0.4) is 0 Å². The lowest BCUT2D eigenvalue weighted by Gasteiger charge is -2.05. The van der Waals surface area contributed by atoms with E-state index in [0.29, 0.717) is 20.7 Å². The fourth-order valence-corrected chi connectivity index (χ4v) is 3.82. The van der Waals surface area contributed by atoms with Gasteiger partial charge in [0.25, 0.3) is 0 Å². The molecule has 2 aromatic carbocycles. The molecule has 0 fully saturated rings. The van der Waals surface area contributed by atoms with Gasteiger partial charge in [0, 0.05) is 11.4 Å². The molecule has 0 unspecified atom stereocenters. The summed E-state index contributed by atoms with van der Waals surface area (Å²) in [6.45, 7) is 0. The summed E-state index contributed by atoms with van der Waals surface area (Å²) in [5.74, 6) is 0.361. The van der Waals surface area contributed by atoms with Gasteiger partial charge in [-0.2, -0.15) is 0 Å². The summed E-state index contributed by atoms with van der Waals surface area (Å²) in [6.07, 6.45) is 0. The van der Waals surface area contributed by atoms with Crippen LogP contribution in [-0.2, 0) is 9.53 Å². The van der Waals surface area contributed by atoms with E-state index in [1.165, 1.54) is 30.2 Å². The first kappa shape index (κ1) is 20.6. The van der Waals surface area contributed by atoms with E-state index in [1.807, 2.05) is 24.3 Å². The zero-order valence-electron chi connectivity index (χ0n) is 15.7. The van der Waals surface area contributed by atoms with E-state index >= 15 is 0 Å². The number of nitrogens with zero attached hydrogens (tertiary/aromatic N) is 2. The molecule has 3 aromatic rings. The highest BCUT2D eigenvalue weighted by Crippen LogP contribution is 2.28. The van der Waals surface area contributed by atoms with Crippen molar-refractivity contribution >= 4 is 51.5 Å². The third-order valence-corrected chi connectivity index (χ3v) is 5.64. The molecule has 1 heterocycles. The van der Waals surface area contributed by atoms with Gasteiger partial charge in [0.15, 0.2) is 4.34 Å². The minimum atomic E-state index is -0.422. The predicted molar refractivity (Wildman–Crippen MR) is 113 cm³/mol. The lowest BCUT2D eigenvalue weighted by Crippen LogP contribution is -2.14. The summed E-state index contributed by atoms with van der Waals surface area (Å²) < 4.78 is 10.4. The van der Waals surface area contributed by atoms with Crippen molar-refractivity contribution in [3.63, 3.8) is 0 Å². The van der Waals surface area contributed by atoms with Gasteiger partial charge < -0.3 is 20.1 Å². The van der Waals surface area contributed by atoms with Crippen molar-refractivity contribution in [3.05, 3.63) is 54.1 Å². The molecule has 3 rings (SSSR count). The number of esters is 1. The van der Waals surface area contributed by atoms with Crippen LogP contribution in [0, 0.1) is 0 Å². The molecule has 0 aliphatic rings. The topological polar surface area (TPSA) is 102 Å². The molecule has 0 radical (unpaired) electrons. The molecule has 0 saturated carbocycles. The molecule has 2 N–H and O–H groups in total. The third-order valence-electron chi connectivity index (χ3n) is 3.66. The second-order valence-electron chi connectivity index (χ2n) is 5.63. The summed E-state index contributed by atoms with van der Waals surface area (Å²) in [5, 5.41) is 14.7. The number of aromatic nitrogens is 2. The first-order valence-corrected chi connectivity index (χ1v) is 10.2. The smallest absolute Gasteiger partial charge is 0.337 e. The maximum Gasteiger partial charge on any atom is 0.337 e. The highest BCUT2D eigenvalue weighted by Gasteiger charge is 2.10. The zero-order chi connectivity index (χ0) is 20.6. The van der Waals surface area contributed by atoms with Crippen LogP contribution in [0.15, 0.2) is 52.9 Å². The fourth-order valence-electron chi connectivity index (χ4n) is 2.25. The van der Waals surface area contributed by atoms with Crippen LogP contribution >= 0.6 is 23.1 Å². The van der Waals surface area contributed by atoms with Gasteiger partial charge in [0.05, 0.1) is 25.5 Å². The molecule has 0 aliphatic heterocycles. The van der Waals surface area contributed by atoms with Crippen molar-refractivity contribution in [2.75, 3.05) is 30.6 Å². The van der Waals surface area contributed by atoms with Gasteiger partial charge in [0.2, 0.25) is 11.0 Å². The molecule has 150 valence electrons. The Morgan fingerprint density at radius 3 is 2.34 bits per heavy atom. The van der Waals surface area contributed by atoms with Gasteiger partial charge in [-0.25, -0.2) is 4.79 Å². The Hall–Kier alpha value is -3.11. The Bertz CT molecular complexity index is 975. The number of hydrogen-bond donors (Lipinski definition) is 2. The number of carbonyl (C=O) groups excluding carboxylic acids is 2. The Labute approximate surface area is 175 Å². The van der Waals surface area contributed by atoms with Crippen LogP contribution in [0.2, 0.25) is 0 Å². The van der Waals surface area contributed by atoms with Gasteiger partial charge in [-0.3, -0.25) is 4.79 Å². The van der Waals surface area contributed by atoms with Crippen molar-refractivity contribution in [1.29, 1.82) is 0 Å². The van der Waals surface area contributed by atoms with E-state index in [-0.39, 0.29) is 11.7 Å². The van der Waals surface area contributed by atoms with E-state index in [9.17, 15) is 9.59 Å². The van der Waals surface area contributed by atoms with E-state index in [1.54, 1.807) is 31.4 Å². The molecule has 0 saturated heterocycles. The van der Waals surface area contributed by atoms with Crippen LogP contribution in [0.4, 0.5) is 16.5 Å². The fraction of sp³-hybridized carbons (Fsp3) is 0.158. The minimum absolute atomic E-state index is 0.180. The lowest BCUT2D eigenvalue weighted by atomic mass is 10.2. The summed E-state index contributed by atoms with van der Waals surface area (Å²) in [6, 6.07) is 13.9.